The van der Waals surface area contributed by atoms with E-state index in [1.165, 1.54) is 11.1 Å². The van der Waals surface area contributed by atoms with Gasteiger partial charge in [0.25, 0.3) is 5.56 Å². The van der Waals surface area contributed by atoms with Crippen molar-refractivity contribution in [2.24, 2.45) is 14.1 Å². The fourth-order valence-corrected chi connectivity index (χ4v) is 5.09. The molecule has 1 fully saturated rings. The maximum Gasteiger partial charge on any atom is 0.290 e. The average molecular weight is 677 g/mol. The Labute approximate surface area is 289 Å². The smallest absolute Gasteiger partial charge is 0.290 e. The van der Waals surface area contributed by atoms with Gasteiger partial charge in [-0.3, -0.25) is 19.2 Å². The van der Waals surface area contributed by atoms with Crippen LogP contribution in [0.15, 0.2) is 40.7 Å². The van der Waals surface area contributed by atoms with Gasteiger partial charge in [0.05, 0.1) is 24.1 Å². The summed E-state index contributed by atoms with van der Waals surface area (Å²) in [6.45, 7) is 17.8. The number of likely N-dealkylation sites (tertiary alicyclic amines) is 1. The first-order chi connectivity index (χ1) is 23.2. The summed E-state index contributed by atoms with van der Waals surface area (Å²) in [4.78, 5) is 24.9. The molecule has 3 N–H and O–H groups in total. The molecule has 1 amide bonds. The first-order valence-electron chi connectivity index (χ1n) is 16.8. The predicted octanol–water partition coefficient (Wildman–Crippen LogP) is 5.89. The van der Waals surface area contributed by atoms with Gasteiger partial charge in [-0.15, -0.1) is 0 Å². The van der Waals surface area contributed by atoms with E-state index < -0.39 is 0 Å². The van der Waals surface area contributed by atoms with Gasteiger partial charge < -0.3 is 20.8 Å². The van der Waals surface area contributed by atoms with E-state index in [-0.39, 0.29) is 35.2 Å². The Morgan fingerprint density at radius 2 is 1.84 bits per heavy atom. The molecule has 1 aliphatic heterocycles. The molecule has 1 aromatic carbocycles. The van der Waals surface area contributed by atoms with Gasteiger partial charge in [0.2, 0.25) is 6.41 Å². The number of hydrogen-bond acceptors (Lipinski definition) is 8. The number of amides is 1. The topological polar surface area (TPSA) is 130 Å². The van der Waals surface area contributed by atoms with Crippen LogP contribution in [0.5, 0.6) is 0 Å². The summed E-state index contributed by atoms with van der Waals surface area (Å²) >= 11 is 0. The van der Waals surface area contributed by atoms with Crippen LogP contribution in [-0.2, 0) is 35.6 Å². The number of benzene rings is 1. The number of aryl methyl sites for hydroxylation is 3. The monoisotopic (exact) mass is 676 g/mol. The van der Waals surface area contributed by atoms with E-state index in [1.54, 1.807) is 31.3 Å². The van der Waals surface area contributed by atoms with Crippen molar-refractivity contribution in [3.63, 3.8) is 0 Å². The fourth-order valence-electron chi connectivity index (χ4n) is 5.09. The first kappa shape index (κ1) is 39.0. The van der Waals surface area contributed by atoms with Crippen LogP contribution in [0, 0.1) is 18.2 Å². The standard InChI is InChI=1S/C33H44FN7O2.C4H9NO/c1-21(2)43-20-23(15-27-22(3)14-24(16-28(27)34)33(4,5)6)26(10-11-35)29-18-30(32(42)40(8)37-29)36-31-17-25(39(7)38-31)19-41-12-9-13-41;1-2-3-5-4-6/h10-11,14-18,21,35H,9,12-13,19-20H2,1-8H3,(H,36,38);4H,2-3H2,1H3,(H,5,6)/b23-15+,26-10+,35-11?;. The molecule has 1 aliphatic rings. The molecular weight excluding hydrogens is 623 g/mol. The highest BCUT2D eigenvalue weighted by Crippen LogP contribution is 2.31. The molecule has 0 bridgehead atoms. The van der Waals surface area contributed by atoms with E-state index in [0.29, 0.717) is 34.6 Å². The van der Waals surface area contributed by atoms with Crippen LogP contribution >= 0.6 is 0 Å². The summed E-state index contributed by atoms with van der Waals surface area (Å²) in [7, 11) is 3.47. The van der Waals surface area contributed by atoms with Crippen LogP contribution in [0.3, 0.4) is 0 Å². The highest BCUT2D eigenvalue weighted by molar-refractivity contribution is 5.92. The van der Waals surface area contributed by atoms with Gasteiger partial charge >= 0.3 is 0 Å². The molecule has 12 heteroatoms. The van der Waals surface area contributed by atoms with Crippen molar-refractivity contribution in [2.75, 3.05) is 31.6 Å². The molecule has 11 nitrogen and oxygen atoms in total. The molecule has 0 aliphatic carbocycles. The van der Waals surface area contributed by atoms with Gasteiger partial charge in [0.15, 0.2) is 5.82 Å². The third-order valence-corrected chi connectivity index (χ3v) is 8.08. The number of anilines is 2. The second-order valence-electron chi connectivity index (χ2n) is 13.6. The highest BCUT2D eigenvalue weighted by Gasteiger charge is 2.21. The molecule has 266 valence electrons. The summed E-state index contributed by atoms with van der Waals surface area (Å²) in [5.74, 6) is 0.224. The van der Waals surface area contributed by atoms with Crippen molar-refractivity contribution in [2.45, 2.75) is 79.4 Å². The molecule has 0 atom stereocenters. The Morgan fingerprint density at radius 3 is 2.37 bits per heavy atom. The van der Waals surface area contributed by atoms with Crippen LogP contribution in [0.25, 0.3) is 11.6 Å². The predicted molar refractivity (Wildman–Crippen MR) is 196 cm³/mol. The van der Waals surface area contributed by atoms with Crippen LogP contribution in [-0.4, -0.2) is 69.4 Å². The lowest BCUT2D eigenvalue weighted by atomic mass is 9.85. The number of halogens is 1. The Morgan fingerprint density at radius 1 is 1.12 bits per heavy atom. The zero-order valence-electron chi connectivity index (χ0n) is 30.5. The number of carbonyl (C=O) groups excluding carboxylic acids is 1. The van der Waals surface area contributed by atoms with Crippen molar-refractivity contribution in [1.82, 2.24) is 29.8 Å². The van der Waals surface area contributed by atoms with E-state index in [4.69, 9.17) is 10.1 Å². The molecule has 0 radical (unpaired) electrons. The SMILES string of the molecule is CCCNC=O.Cc1cc(C(C)(C)C)cc(F)c1/C=C(COC(C)C)/C(=C\C=N)c1cc(Nc2cc(CN3CCC3)n(C)n2)c(=O)n(C)n1. The van der Waals surface area contributed by atoms with E-state index >= 15 is 4.39 Å². The maximum absolute atomic E-state index is 15.6. The minimum absolute atomic E-state index is 0.0845. The Hall–Kier alpha value is -4.42. The number of hydrogen-bond donors (Lipinski definition) is 3. The first-order valence-corrected chi connectivity index (χ1v) is 16.8. The molecule has 0 unspecified atom stereocenters. The third kappa shape index (κ3) is 11.0. The lowest BCUT2D eigenvalue weighted by molar-refractivity contribution is -0.109. The summed E-state index contributed by atoms with van der Waals surface area (Å²) in [6.07, 6.45) is 7.36. The number of rotatable bonds is 14. The lowest BCUT2D eigenvalue weighted by Gasteiger charge is -2.30. The molecule has 0 spiro atoms. The molecule has 3 aromatic rings. The van der Waals surface area contributed by atoms with E-state index in [2.05, 4.69) is 46.5 Å². The molecule has 3 heterocycles. The van der Waals surface area contributed by atoms with Crippen LogP contribution < -0.4 is 16.2 Å². The van der Waals surface area contributed by atoms with Crippen molar-refractivity contribution in [1.29, 1.82) is 5.41 Å². The second-order valence-corrected chi connectivity index (χ2v) is 13.6. The Kier molecular flexibility index (Phi) is 14.2. The Bertz CT molecular complexity index is 1690. The van der Waals surface area contributed by atoms with Crippen molar-refractivity contribution < 1.29 is 13.9 Å². The van der Waals surface area contributed by atoms with Crippen molar-refractivity contribution in [3.05, 3.63) is 80.2 Å². The zero-order valence-corrected chi connectivity index (χ0v) is 30.5. The molecule has 1 saturated heterocycles. The Balaban J connectivity index is 0.000000992. The van der Waals surface area contributed by atoms with Gasteiger partial charge in [-0.1, -0.05) is 33.8 Å². The van der Waals surface area contributed by atoms with Crippen LogP contribution in [0.4, 0.5) is 15.9 Å². The summed E-state index contributed by atoms with van der Waals surface area (Å²) < 4.78 is 24.6. The number of nitrogens with zero attached hydrogens (tertiary/aromatic N) is 5. The number of nitrogens with one attached hydrogen (secondary N) is 3. The lowest BCUT2D eigenvalue weighted by Crippen LogP contribution is -2.36. The van der Waals surface area contributed by atoms with Crippen LogP contribution in [0.2, 0.25) is 0 Å². The molecule has 49 heavy (non-hydrogen) atoms. The summed E-state index contributed by atoms with van der Waals surface area (Å²) in [6, 6.07) is 7.18. The molecular formula is C37H53FN8O3. The zero-order chi connectivity index (χ0) is 36.3. The highest BCUT2D eigenvalue weighted by atomic mass is 19.1. The van der Waals surface area contributed by atoms with Crippen molar-refractivity contribution >= 4 is 35.8 Å². The number of ether oxygens (including phenoxy) is 1. The fraction of sp³-hybridized carbons (Fsp3) is 0.486. The van der Waals surface area contributed by atoms with E-state index in [9.17, 15) is 9.59 Å². The van der Waals surface area contributed by atoms with Gasteiger partial charge in [-0.2, -0.15) is 10.2 Å². The van der Waals surface area contributed by atoms with E-state index in [0.717, 1.165) is 55.6 Å². The summed E-state index contributed by atoms with van der Waals surface area (Å²) in [5.41, 5.74) is 4.58. The number of carbonyl (C=O) groups is 1. The van der Waals surface area contributed by atoms with Gasteiger partial charge in [0.1, 0.15) is 11.5 Å². The van der Waals surface area contributed by atoms with Gasteiger partial charge in [-0.25, -0.2) is 9.07 Å². The van der Waals surface area contributed by atoms with E-state index in [1.807, 2.05) is 51.6 Å². The average Bonchev–Trinajstić information content (AvgIpc) is 3.36. The maximum atomic E-state index is 15.6. The van der Waals surface area contributed by atoms with Crippen LogP contribution in [0.1, 0.15) is 82.5 Å². The molecule has 2 aromatic heterocycles. The quantitative estimate of drug-likeness (QED) is 0.0840. The second kappa shape index (κ2) is 17.8. The normalized spacial score (nSPS) is 13.9. The number of aromatic nitrogens is 4. The number of allylic oxidation sites excluding steroid dienone is 1. The largest absolute Gasteiger partial charge is 0.374 e. The summed E-state index contributed by atoms with van der Waals surface area (Å²) in [5, 5.41) is 22.7. The minimum atomic E-state index is -0.332. The molecule has 4 rings (SSSR count). The van der Waals surface area contributed by atoms with Gasteiger partial charge in [0, 0.05) is 50.6 Å². The molecule has 0 saturated carbocycles. The van der Waals surface area contributed by atoms with Crippen molar-refractivity contribution in [3.8, 4) is 0 Å². The third-order valence-electron chi connectivity index (χ3n) is 8.08. The minimum Gasteiger partial charge on any atom is -0.374 e. The van der Waals surface area contributed by atoms with Gasteiger partial charge in [-0.05, 0) is 93.1 Å².